The van der Waals surface area contributed by atoms with Gasteiger partial charge in [-0.15, -0.1) is 0 Å². The van der Waals surface area contributed by atoms with E-state index in [1.165, 1.54) is 24.3 Å². The fourth-order valence-corrected chi connectivity index (χ4v) is 15.9. The van der Waals surface area contributed by atoms with E-state index in [1.807, 2.05) is 0 Å². The molecule has 40 nitrogen and oxygen atoms in total. The van der Waals surface area contributed by atoms with Crippen LogP contribution in [0.1, 0.15) is 31.8 Å². The number of hydrogen-bond donors (Lipinski definition) is 14. The first-order valence-corrected chi connectivity index (χ1v) is 39.0. The van der Waals surface area contributed by atoms with E-state index in [9.17, 15) is 113 Å². The lowest BCUT2D eigenvalue weighted by atomic mass is 9.93. The second-order valence-corrected chi connectivity index (χ2v) is 32.4. The van der Waals surface area contributed by atoms with Crippen molar-refractivity contribution in [1.29, 1.82) is 0 Å². The van der Waals surface area contributed by atoms with Crippen LogP contribution in [0.2, 0.25) is 10.6 Å². The third kappa shape index (κ3) is 15.2. The number of fused-ring (bicyclic) bond motifs is 4. The number of benzene rings is 7. The van der Waals surface area contributed by atoms with Gasteiger partial charge in [0, 0.05) is 32.9 Å². The topological polar surface area (TPSA) is 643 Å². The molecule has 11 rings (SSSR count). The largest absolute Gasteiger partial charge is 0.324 e. The number of aromatic nitrogens is 6. The van der Waals surface area contributed by atoms with Gasteiger partial charge in [-0.3, -0.25) is 56.9 Å². The third-order valence-electron chi connectivity index (χ3n) is 14.1. The molecule has 0 saturated carbocycles. The molecule has 2 aliphatic rings. The molecule has 2 aromatic heterocycles. The van der Waals surface area contributed by atoms with Gasteiger partial charge in [0.25, 0.3) is 92.8 Å². The van der Waals surface area contributed by atoms with Gasteiger partial charge < -0.3 is 21.5 Å². The maximum atomic E-state index is 14.5. The number of hydrazine groups is 2. The highest BCUT2D eigenvalue weighted by Gasteiger charge is 2.39. The van der Waals surface area contributed by atoms with Crippen molar-refractivity contribution >= 4 is 219 Å². The summed E-state index contributed by atoms with van der Waals surface area (Å²) in [6.45, 7) is 0. The van der Waals surface area contributed by atoms with Gasteiger partial charge in [-0.05, 0) is 119 Å². The zero-order valence-electron chi connectivity index (χ0n) is 49.1. The Morgan fingerprint density at radius 3 is 1.01 bits per heavy atom. The zero-order valence-corrected chi connectivity index (χ0v) is 57.1. The Hall–Kier alpha value is -10.1. The Kier molecular flexibility index (Phi) is 18.7. The molecule has 0 radical (unpaired) electrons. The molecular formula is C52H34Cl2N14O26S8. The van der Waals surface area contributed by atoms with Crippen LogP contribution < -0.4 is 32.3 Å². The van der Waals surface area contributed by atoms with Crippen LogP contribution in [-0.4, -0.2) is 157 Å². The SMILES string of the molecule is O=C1C(=Nc2nc(Cl)nc(Nc3ccc(Nc4nc(Cl)nc(N=C5C(=O)c6c(cc(S(=O)(=O)O)cc6NNc6ccc7c(S(=O)(=O)O)cccc7c6S(=O)(=O)O)C=C5S(=O)(=O)O)n4)cc3)n2)C(S(=O)(=O)O)=Cc2cc(S(=O)(=O)O)cc(NNc3ccc4c(S(=O)(=O)O)cccc4c3S(=O)(=O)O)c21. The molecule has 0 atom stereocenters. The molecule has 7 aromatic carbocycles. The van der Waals surface area contributed by atoms with Crippen LogP contribution in [0.25, 0.3) is 33.7 Å². The highest BCUT2D eigenvalue weighted by molar-refractivity contribution is 7.91. The summed E-state index contributed by atoms with van der Waals surface area (Å²) in [6, 6.07) is 17.3. The fourth-order valence-electron chi connectivity index (χ4n) is 10.0. The maximum Gasteiger partial charge on any atom is 0.297 e. The predicted octanol–water partition coefficient (Wildman–Crippen LogP) is 5.91. The standard InChI is InChI=1S/C52H34Cl2N14O26S8/c53-47-59-49(63-51(61-47)57-41-37(99(83,84)85)17-21-15-25(95(71,72)73)19-33(39(21)43(41)69)67-65-31-13-11-27-29(45(31)101(89,90)91)3-1-5-35(27)97(77,78)79)55-23-7-9-24(10-8-23)56-50-60-48(54)62-52(64-50)58-42-38(100(86,87)88)18-22-16-26(96(74,75)76)20-34(40(22)44(42)70)68-66-32-14-12-28-30(46(32)102(92,93)94)4-2-6-36(28)98(80,81)82/h1-20,65-68H,(H,71,72,73)(H,74,75,76)(H,77,78,79)(H,80,81,82)(H,83,84,85)(H,86,87,88)(H,89,90,91)(H,92,93,94)(H,55,59,61,63)(H,56,60,62,64). The van der Waals surface area contributed by atoms with Crippen molar-refractivity contribution in [1.82, 2.24) is 29.9 Å². The van der Waals surface area contributed by atoms with Gasteiger partial charge in [0.15, 0.2) is 0 Å². The summed E-state index contributed by atoms with van der Waals surface area (Å²) in [7, 11) is -42.3. The lowest BCUT2D eigenvalue weighted by molar-refractivity contribution is 0.105. The molecular weight excluding hydrogens is 1560 g/mol. The number of nitrogens with zero attached hydrogens (tertiary/aromatic N) is 8. The van der Waals surface area contributed by atoms with E-state index in [0.29, 0.717) is 36.4 Å². The molecule has 2 heterocycles. The van der Waals surface area contributed by atoms with E-state index in [-0.39, 0.29) is 11.4 Å². The number of carbonyl (C=O) groups is 2. The molecule has 530 valence electrons. The summed E-state index contributed by atoms with van der Waals surface area (Å²) in [6.07, 6.45) is 1.08. The Balaban J connectivity index is 0.871. The van der Waals surface area contributed by atoms with Crippen molar-refractivity contribution in [2.75, 3.05) is 32.3 Å². The quantitative estimate of drug-likeness (QED) is 0.0311. The normalized spacial score (nSPS) is 14.8. The van der Waals surface area contributed by atoms with Gasteiger partial charge in [0.05, 0.1) is 43.7 Å². The molecule has 9 aromatic rings. The second-order valence-electron chi connectivity index (χ2n) is 20.6. The number of halogens is 2. The van der Waals surface area contributed by atoms with E-state index in [4.69, 9.17) is 23.2 Å². The van der Waals surface area contributed by atoms with Crippen LogP contribution in [-0.2, 0) is 80.9 Å². The number of hydrogen-bond acceptors (Lipinski definition) is 32. The van der Waals surface area contributed by atoms with Crippen molar-refractivity contribution in [3.63, 3.8) is 0 Å². The molecule has 2 aliphatic carbocycles. The maximum absolute atomic E-state index is 14.5. The van der Waals surface area contributed by atoms with Crippen LogP contribution >= 0.6 is 23.2 Å². The molecule has 102 heavy (non-hydrogen) atoms. The molecule has 0 saturated heterocycles. The molecule has 0 fully saturated rings. The zero-order chi connectivity index (χ0) is 74.5. The van der Waals surface area contributed by atoms with Crippen molar-refractivity contribution in [3.05, 3.63) is 152 Å². The third-order valence-corrected chi connectivity index (χ3v) is 21.5. The van der Waals surface area contributed by atoms with Crippen LogP contribution in [0.4, 0.5) is 57.9 Å². The number of anilines is 8. The number of carbonyl (C=O) groups excluding carboxylic acids is 2. The molecule has 0 bridgehead atoms. The summed E-state index contributed by atoms with van der Waals surface area (Å²) in [5.41, 5.74) is 1.78. The Morgan fingerprint density at radius 1 is 0.353 bits per heavy atom. The van der Waals surface area contributed by atoms with Crippen molar-refractivity contribution in [2.45, 2.75) is 29.4 Å². The summed E-state index contributed by atoms with van der Waals surface area (Å²) in [5.74, 6) is -5.59. The first-order chi connectivity index (χ1) is 47.2. The van der Waals surface area contributed by atoms with Crippen LogP contribution in [0.5, 0.6) is 0 Å². The minimum Gasteiger partial charge on any atom is -0.324 e. The average molecular weight is 1600 g/mol. The van der Waals surface area contributed by atoms with E-state index < -0.39 is 244 Å². The van der Waals surface area contributed by atoms with E-state index >= 15 is 0 Å². The Bertz CT molecular complexity index is 6010. The molecule has 0 amide bonds. The van der Waals surface area contributed by atoms with Crippen molar-refractivity contribution < 1.29 is 113 Å². The second kappa shape index (κ2) is 26.1. The summed E-state index contributed by atoms with van der Waals surface area (Å²) in [4.78, 5) is 52.1. The van der Waals surface area contributed by atoms with Gasteiger partial charge in [-0.2, -0.15) is 97.2 Å². The number of ketones is 2. The molecule has 14 N–H and O–H groups in total. The lowest BCUT2D eigenvalue weighted by Gasteiger charge is -2.22. The van der Waals surface area contributed by atoms with Crippen LogP contribution in [0.15, 0.2) is 158 Å². The highest BCUT2D eigenvalue weighted by atomic mass is 35.5. The van der Waals surface area contributed by atoms with E-state index in [0.717, 1.165) is 60.7 Å². The predicted molar refractivity (Wildman–Crippen MR) is 359 cm³/mol. The van der Waals surface area contributed by atoms with E-state index in [2.05, 4.69) is 72.2 Å². The number of Topliss-reactive ketones (excluding diaryl/α,β-unsaturated/α-hetero) is 2. The van der Waals surface area contributed by atoms with Crippen LogP contribution in [0, 0.1) is 0 Å². The van der Waals surface area contributed by atoms with Gasteiger partial charge >= 0.3 is 0 Å². The summed E-state index contributed by atoms with van der Waals surface area (Å²) in [5, 5.41) is 2.26. The number of nitrogens with one attached hydrogen (secondary N) is 6. The molecule has 0 aliphatic heterocycles. The Labute approximate surface area is 581 Å². The highest BCUT2D eigenvalue weighted by Crippen LogP contribution is 2.40. The minimum atomic E-state index is -5.55. The molecule has 0 unspecified atom stereocenters. The van der Waals surface area contributed by atoms with Crippen molar-refractivity contribution in [3.8, 4) is 0 Å². The van der Waals surface area contributed by atoms with Crippen LogP contribution in [0.3, 0.4) is 0 Å². The van der Waals surface area contributed by atoms with E-state index in [1.54, 1.807) is 0 Å². The van der Waals surface area contributed by atoms with Crippen molar-refractivity contribution in [2.24, 2.45) is 9.98 Å². The first-order valence-electron chi connectivity index (χ1n) is 26.7. The molecule has 50 heteroatoms. The van der Waals surface area contributed by atoms with Gasteiger partial charge in [-0.1, -0.05) is 36.4 Å². The van der Waals surface area contributed by atoms with Gasteiger partial charge in [0.1, 0.15) is 40.8 Å². The fraction of sp³-hybridized carbons (Fsp3) is 0. The number of allylic oxidation sites excluding steroid dienone is 2. The smallest absolute Gasteiger partial charge is 0.297 e. The first kappa shape index (κ1) is 73.1. The average Bonchev–Trinajstić information content (AvgIpc) is 0.758. The number of aliphatic imine (C=N–C) groups is 2. The summed E-state index contributed by atoms with van der Waals surface area (Å²) < 4.78 is 283. The van der Waals surface area contributed by atoms with Gasteiger partial charge in [0.2, 0.25) is 34.0 Å². The summed E-state index contributed by atoms with van der Waals surface area (Å²) >= 11 is 12.4. The minimum absolute atomic E-state index is 0.0995. The monoisotopic (exact) mass is 1600 g/mol. The Morgan fingerprint density at radius 2 is 0.696 bits per heavy atom. The number of rotatable bonds is 20. The van der Waals surface area contributed by atoms with Gasteiger partial charge in [-0.25, -0.2) is 9.98 Å². The molecule has 0 spiro atoms. The lowest BCUT2D eigenvalue weighted by Crippen LogP contribution is -2.28.